The van der Waals surface area contributed by atoms with Crippen molar-refractivity contribution in [1.29, 1.82) is 0 Å². The average Bonchev–Trinajstić information content (AvgIpc) is 3.03. The van der Waals surface area contributed by atoms with Crippen molar-refractivity contribution in [3.8, 4) is 0 Å². The zero-order chi connectivity index (χ0) is 16.6. The van der Waals surface area contributed by atoms with Crippen molar-refractivity contribution >= 4 is 45.6 Å². The predicted molar refractivity (Wildman–Crippen MR) is 100 cm³/mol. The molecule has 136 valence electrons. The van der Waals surface area contributed by atoms with Crippen molar-refractivity contribution in [3.05, 3.63) is 27.7 Å². The van der Waals surface area contributed by atoms with E-state index in [1.807, 2.05) is 0 Å². The molecule has 2 aliphatic rings. The van der Waals surface area contributed by atoms with Gasteiger partial charge in [0.25, 0.3) is 0 Å². The zero-order valence-corrected chi connectivity index (χ0v) is 16.6. The van der Waals surface area contributed by atoms with Crippen LogP contribution in [0.3, 0.4) is 0 Å². The summed E-state index contributed by atoms with van der Waals surface area (Å²) in [5.41, 5.74) is 0.715. The first-order chi connectivity index (χ1) is 10.9. The van der Waals surface area contributed by atoms with Crippen LogP contribution in [0.4, 0.5) is 0 Å². The van der Waals surface area contributed by atoms with E-state index < -0.39 is 10.0 Å². The highest BCUT2D eigenvalue weighted by Gasteiger charge is 2.37. The van der Waals surface area contributed by atoms with E-state index in [1.165, 1.54) is 4.31 Å². The van der Waals surface area contributed by atoms with Gasteiger partial charge in [-0.3, -0.25) is 4.90 Å². The van der Waals surface area contributed by atoms with Crippen LogP contribution in [0.15, 0.2) is 17.0 Å². The Morgan fingerprint density at radius 1 is 1.17 bits per heavy atom. The summed E-state index contributed by atoms with van der Waals surface area (Å²) >= 11 is 12.4. The number of halogens is 3. The van der Waals surface area contributed by atoms with Gasteiger partial charge in [-0.25, -0.2) is 8.42 Å². The van der Waals surface area contributed by atoms with Gasteiger partial charge in [0.15, 0.2) is 0 Å². The van der Waals surface area contributed by atoms with Crippen LogP contribution in [0.2, 0.25) is 10.0 Å². The summed E-state index contributed by atoms with van der Waals surface area (Å²) in [7, 11) is -3.67. The standard InChI is InChI=1S/C15H21Cl2N3O2S.ClH/c1-11-2-3-13(16)15(14(11)17)23(21,22)20-7-4-12(10-20)19-8-5-18-6-9-19;/h2-3,12,18H,4-10H2,1H3;1H. The van der Waals surface area contributed by atoms with Crippen LogP contribution in [0.25, 0.3) is 0 Å². The maximum Gasteiger partial charge on any atom is 0.246 e. The molecule has 9 heteroatoms. The van der Waals surface area contributed by atoms with Gasteiger partial charge in [-0.2, -0.15) is 4.31 Å². The van der Waals surface area contributed by atoms with Crippen LogP contribution in [-0.2, 0) is 10.0 Å². The molecule has 0 saturated carbocycles. The number of sulfonamides is 1. The van der Waals surface area contributed by atoms with E-state index in [0.717, 1.165) is 32.6 Å². The summed E-state index contributed by atoms with van der Waals surface area (Å²) in [6, 6.07) is 3.60. The van der Waals surface area contributed by atoms with Gasteiger partial charge in [-0.05, 0) is 25.0 Å². The minimum absolute atomic E-state index is 0. The lowest BCUT2D eigenvalue weighted by Crippen LogP contribution is -2.49. The molecule has 0 radical (unpaired) electrons. The van der Waals surface area contributed by atoms with Gasteiger partial charge in [0.1, 0.15) is 4.90 Å². The fourth-order valence-corrected chi connectivity index (χ4v) is 5.90. The molecule has 2 heterocycles. The maximum absolute atomic E-state index is 13.0. The SMILES string of the molecule is Cc1ccc(Cl)c(S(=O)(=O)N2CCC(N3CCNCC3)C2)c1Cl.Cl. The molecule has 2 aliphatic heterocycles. The second-order valence-corrected chi connectivity index (χ2v) is 8.76. The van der Waals surface area contributed by atoms with E-state index in [1.54, 1.807) is 19.1 Å². The lowest BCUT2D eigenvalue weighted by Gasteiger charge is -2.32. The van der Waals surface area contributed by atoms with Crippen LogP contribution in [0.5, 0.6) is 0 Å². The van der Waals surface area contributed by atoms with E-state index in [-0.39, 0.29) is 33.4 Å². The van der Waals surface area contributed by atoms with Gasteiger partial charge < -0.3 is 5.32 Å². The summed E-state index contributed by atoms with van der Waals surface area (Å²) in [6.07, 6.45) is 0.848. The normalized spacial score (nSPS) is 23.2. The summed E-state index contributed by atoms with van der Waals surface area (Å²) in [5.74, 6) is 0. The molecule has 1 N–H and O–H groups in total. The van der Waals surface area contributed by atoms with Gasteiger partial charge in [-0.1, -0.05) is 29.3 Å². The Bertz CT molecular complexity index is 693. The van der Waals surface area contributed by atoms with Crippen molar-refractivity contribution < 1.29 is 8.42 Å². The Hall–Kier alpha value is -0.0800. The summed E-state index contributed by atoms with van der Waals surface area (Å²) in [6.45, 7) is 6.64. The zero-order valence-electron chi connectivity index (χ0n) is 13.5. The highest BCUT2D eigenvalue weighted by atomic mass is 35.5. The van der Waals surface area contributed by atoms with Gasteiger partial charge >= 0.3 is 0 Å². The molecular formula is C15H22Cl3N3O2S. The van der Waals surface area contributed by atoms with Crippen molar-refractivity contribution in [2.45, 2.75) is 24.3 Å². The smallest absolute Gasteiger partial charge is 0.246 e. The third kappa shape index (κ3) is 3.85. The predicted octanol–water partition coefficient (Wildman–Crippen LogP) is 2.39. The van der Waals surface area contributed by atoms with Crippen molar-refractivity contribution in [2.24, 2.45) is 0 Å². The Morgan fingerprint density at radius 3 is 2.50 bits per heavy atom. The topological polar surface area (TPSA) is 52.7 Å². The first-order valence-electron chi connectivity index (χ1n) is 7.81. The van der Waals surface area contributed by atoms with Crippen LogP contribution in [-0.4, -0.2) is 62.9 Å². The second-order valence-electron chi connectivity index (χ2n) is 6.10. The number of hydrogen-bond acceptors (Lipinski definition) is 4. The van der Waals surface area contributed by atoms with Crippen LogP contribution in [0, 0.1) is 6.92 Å². The molecule has 1 aromatic carbocycles. The lowest BCUT2D eigenvalue weighted by atomic mass is 10.2. The molecule has 0 aromatic heterocycles. The highest BCUT2D eigenvalue weighted by molar-refractivity contribution is 7.89. The molecule has 3 rings (SSSR count). The Labute approximate surface area is 159 Å². The van der Waals surface area contributed by atoms with Crippen LogP contribution in [0.1, 0.15) is 12.0 Å². The third-order valence-corrected chi connectivity index (χ3v) is 7.61. The molecule has 1 aromatic rings. The maximum atomic E-state index is 13.0. The number of nitrogens with zero attached hydrogens (tertiary/aromatic N) is 2. The fraction of sp³-hybridized carbons (Fsp3) is 0.600. The van der Waals surface area contributed by atoms with Crippen LogP contribution < -0.4 is 5.32 Å². The molecule has 2 saturated heterocycles. The summed E-state index contributed by atoms with van der Waals surface area (Å²) in [5, 5.41) is 3.73. The van der Waals surface area contributed by atoms with Crippen molar-refractivity contribution in [1.82, 2.24) is 14.5 Å². The van der Waals surface area contributed by atoms with E-state index in [2.05, 4.69) is 10.2 Å². The summed E-state index contributed by atoms with van der Waals surface area (Å²) in [4.78, 5) is 2.41. The molecule has 0 bridgehead atoms. The average molecular weight is 415 g/mol. The minimum Gasteiger partial charge on any atom is -0.314 e. The van der Waals surface area contributed by atoms with Crippen molar-refractivity contribution in [2.75, 3.05) is 39.3 Å². The van der Waals surface area contributed by atoms with Crippen LogP contribution >= 0.6 is 35.6 Å². The molecule has 24 heavy (non-hydrogen) atoms. The number of rotatable bonds is 3. The molecule has 0 amide bonds. The molecule has 1 atom stereocenters. The fourth-order valence-electron chi connectivity index (χ4n) is 3.27. The molecule has 2 fully saturated rings. The number of hydrogen-bond donors (Lipinski definition) is 1. The summed E-state index contributed by atoms with van der Waals surface area (Å²) < 4.78 is 27.5. The number of benzene rings is 1. The molecule has 1 unspecified atom stereocenters. The Kier molecular flexibility index (Phi) is 6.81. The Morgan fingerprint density at radius 2 is 1.83 bits per heavy atom. The van der Waals surface area contributed by atoms with Gasteiger partial charge in [0.05, 0.1) is 10.0 Å². The van der Waals surface area contributed by atoms with Gasteiger partial charge in [-0.15, -0.1) is 12.4 Å². The minimum atomic E-state index is -3.67. The van der Waals surface area contributed by atoms with Crippen molar-refractivity contribution in [3.63, 3.8) is 0 Å². The van der Waals surface area contributed by atoms with Gasteiger partial charge in [0, 0.05) is 45.3 Å². The monoisotopic (exact) mass is 413 g/mol. The van der Waals surface area contributed by atoms with E-state index in [0.29, 0.717) is 18.7 Å². The molecular weight excluding hydrogens is 393 g/mol. The van der Waals surface area contributed by atoms with E-state index in [9.17, 15) is 8.42 Å². The van der Waals surface area contributed by atoms with E-state index >= 15 is 0 Å². The first-order valence-corrected chi connectivity index (χ1v) is 10.0. The highest BCUT2D eigenvalue weighted by Crippen LogP contribution is 2.35. The largest absolute Gasteiger partial charge is 0.314 e. The molecule has 5 nitrogen and oxygen atoms in total. The third-order valence-electron chi connectivity index (χ3n) is 4.63. The molecule has 0 aliphatic carbocycles. The van der Waals surface area contributed by atoms with E-state index in [4.69, 9.17) is 23.2 Å². The first kappa shape index (κ1) is 20.2. The lowest BCUT2D eigenvalue weighted by molar-refractivity contribution is 0.179. The molecule has 0 spiro atoms. The number of nitrogens with one attached hydrogen (secondary N) is 1. The number of aryl methyl sites for hydroxylation is 1. The number of piperazine rings is 1. The quantitative estimate of drug-likeness (QED) is 0.825. The Balaban J connectivity index is 0.00000208. The van der Waals surface area contributed by atoms with Gasteiger partial charge in [0.2, 0.25) is 10.0 Å². The second kappa shape index (κ2) is 8.08.